The highest BCUT2D eigenvalue weighted by atomic mass is 16.5. The van der Waals surface area contributed by atoms with E-state index in [1.807, 2.05) is 48.5 Å². The van der Waals surface area contributed by atoms with E-state index in [0.29, 0.717) is 6.54 Å². The molecule has 0 aliphatic rings. The van der Waals surface area contributed by atoms with E-state index >= 15 is 0 Å². The zero-order valence-electron chi connectivity index (χ0n) is 12.3. The molecule has 2 rings (SSSR count). The first kappa shape index (κ1) is 15.4. The first-order valence-corrected chi connectivity index (χ1v) is 6.85. The van der Waals surface area contributed by atoms with Crippen molar-refractivity contribution in [2.45, 2.75) is 12.0 Å². The van der Waals surface area contributed by atoms with Crippen molar-refractivity contribution in [3.05, 3.63) is 59.7 Å². The van der Waals surface area contributed by atoms with Crippen LogP contribution in [0.1, 0.15) is 23.1 Å². The van der Waals surface area contributed by atoms with Crippen LogP contribution in [0, 0.1) is 0 Å². The lowest BCUT2D eigenvalue weighted by atomic mass is 9.89. The number of hydrogen-bond donors (Lipinski definition) is 2. The Bertz CT molecular complexity index is 569. The molecule has 0 heterocycles. The summed E-state index contributed by atoms with van der Waals surface area (Å²) in [5.41, 5.74) is 7.64. The first-order chi connectivity index (χ1) is 10.2. The Morgan fingerprint density at radius 3 is 2.19 bits per heavy atom. The summed E-state index contributed by atoms with van der Waals surface area (Å²) in [5.74, 6) is 1.33. The zero-order chi connectivity index (χ0) is 15.2. The Balaban J connectivity index is 2.26. The molecule has 0 amide bonds. The Kier molecular flexibility index (Phi) is 5.20. The lowest BCUT2D eigenvalue weighted by Gasteiger charge is -2.23. The number of nitrogens with two attached hydrogens (primary N) is 1. The largest absolute Gasteiger partial charge is 0.497 e. The number of aliphatic hydroxyl groups is 1. The molecule has 21 heavy (non-hydrogen) atoms. The van der Waals surface area contributed by atoms with E-state index in [1.165, 1.54) is 0 Å². The van der Waals surface area contributed by atoms with Gasteiger partial charge in [-0.3, -0.25) is 0 Å². The molecule has 0 spiro atoms. The molecule has 4 nitrogen and oxygen atoms in total. The second-order valence-electron chi connectivity index (χ2n) is 4.84. The molecule has 2 aromatic rings. The highest BCUT2D eigenvalue weighted by molar-refractivity contribution is 5.35. The van der Waals surface area contributed by atoms with Crippen molar-refractivity contribution in [1.29, 1.82) is 0 Å². The van der Waals surface area contributed by atoms with Crippen LogP contribution < -0.4 is 15.2 Å². The van der Waals surface area contributed by atoms with Crippen molar-refractivity contribution in [2.24, 2.45) is 5.73 Å². The van der Waals surface area contributed by atoms with Gasteiger partial charge in [0.2, 0.25) is 0 Å². The number of aliphatic hydroxyl groups excluding tert-OH is 1. The maximum Gasteiger partial charge on any atom is 0.119 e. The molecule has 0 saturated heterocycles. The maximum atomic E-state index is 10.6. The average Bonchev–Trinajstić information content (AvgIpc) is 2.55. The Morgan fingerprint density at radius 1 is 0.952 bits per heavy atom. The summed E-state index contributed by atoms with van der Waals surface area (Å²) in [4.78, 5) is 0. The second-order valence-corrected chi connectivity index (χ2v) is 4.84. The molecular weight excluding hydrogens is 266 g/mol. The van der Waals surface area contributed by atoms with E-state index in [4.69, 9.17) is 15.2 Å². The minimum Gasteiger partial charge on any atom is -0.497 e. The van der Waals surface area contributed by atoms with Gasteiger partial charge in [-0.2, -0.15) is 0 Å². The molecule has 0 radical (unpaired) electrons. The summed E-state index contributed by atoms with van der Waals surface area (Å²) in [6.45, 7) is 0.348. The quantitative estimate of drug-likeness (QED) is 0.856. The molecule has 2 aromatic carbocycles. The third-order valence-corrected chi connectivity index (χ3v) is 3.61. The molecule has 0 saturated carbocycles. The van der Waals surface area contributed by atoms with Crippen LogP contribution in [0.25, 0.3) is 0 Å². The predicted molar refractivity (Wildman–Crippen MR) is 82.7 cm³/mol. The lowest BCUT2D eigenvalue weighted by molar-refractivity contribution is 0.147. The molecule has 0 aliphatic heterocycles. The topological polar surface area (TPSA) is 64.7 Å². The average molecular weight is 287 g/mol. The summed E-state index contributed by atoms with van der Waals surface area (Å²) in [5, 5.41) is 10.6. The number of hydrogen-bond acceptors (Lipinski definition) is 4. The van der Waals surface area contributed by atoms with Gasteiger partial charge in [0.25, 0.3) is 0 Å². The molecule has 0 bridgehead atoms. The molecule has 112 valence electrons. The molecule has 3 N–H and O–H groups in total. The van der Waals surface area contributed by atoms with Crippen LogP contribution in [0.15, 0.2) is 48.5 Å². The Labute approximate surface area is 125 Å². The van der Waals surface area contributed by atoms with Crippen LogP contribution >= 0.6 is 0 Å². The van der Waals surface area contributed by atoms with Crippen molar-refractivity contribution >= 4 is 0 Å². The van der Waals surface area contributed by atoms with Gasteiger partial charge in [-0.05, 0) is 35.4 Å². The van der Waals surface area contributed by atoms with Gasteiger partial charge >= 0.3 is 0 Å². The number of methoxy groups -OCH3 is 2. The fourth-order valence-corrected chi connectivity index (χ4v) is 2.35. The standard InChI is InChI=1S/C17H21NO3/c1-20-14-8-6-12(7-9-14)17(19)16(11-18)13-4-3-5-15(10-13)21-2/h3-10,16-17,19H,11,18H2,1-2H3. The van der Waals surface area contributed by atoms with Gasteiger partial charge in [0.1, 0.15) is 11.5 Å². The van der Waals surface area contributed by atoms with E-state index in [1.54, 1.807) is 14.2 Å². The Morgan fingerprint density at radius 2 is 1.62 bits per heavy atom. The van der Waals surface area contributed by atoms with Crippen LogP contribution in [0.4, 0.5) is 0 Å². The molecule has 0 aliphatic carbocycles. The zero-order valence-corrected chi connectivity index (χ0v) is 12.3. The number of rotatable bonds is 6. The van der Waals surface area contributed by atoms with E-state index in [-0.39, 0.29) is 5.92 Å². The van der Waals surface area contributed by atoms with E-state index < -0.39 is 6.10 Å². The van der Waals surface area contributed by atoms with Gasteiger partial charge in [-0.25, -0.2) is 0 Å². The molecule has 0 aromatic heterocycles. The summed E-state index contributed by atoms with van der Waals surface area (Å²) >= 11 is 0. The SMILES string of the molecule is COc1ccc(C(O)C(CN)c2cccc(OC)c2)cc1. The van der Waals surface area contributed by atoms with Crippen molar-refractivity contribution in [3.63, 3.8) is 0 Å². The first-order valence-electron chi connectivity index (χ1n) is 6.85. The van der Waals surface area contributed by atoms with Crippen molar-refractivity contribution in [1.82, 2.24) is 0 Å². The Hall–Kier alpha value is -2.04. The van der Waals surface area contributed by atoms with E-state index in [0.717, 1.165) is 22.6 Å². The number of ether oxygens (including phenoxy) is 2. The normalized spacial score (nSPS) is 13.5. The van der Waals surface area contributed by atoms with Crippen LogP contribution in [-0.4, -0.2) is 25.9 Å². The van der Waals surface area contributed by atoms with Crippen molar-refractivity contribution in [2.75, 3.05) is 20.8 Å². The lowest BCUT2D eigenvalue weighted by Crippen LogP contribution is -2.20. The highest BCUT2D eigenvalue weighted by Crippen LogP contribution is 2.32. The summed E-state index contributed by atoms with van der Waals surface area (Å²) < 4.78 is 10.4. The van der Waals surface area contributed by atoms with Gasteiger partial charge in [-0.1, -0.05) is 24.3 Å². The third kappa shape index (κ3) is 3.54. The van der Waals surface area contributed by atoms with Crippen molar-refractivity contribution < 1.29 is 14.6 Å². The van der Waals surface area contributed by atoms with Gasteiger partial charge < -0.3 is 20.3 Å². The van der Waals surface area contributed by atoms with Gasteiger partial charge in [0.15, 0.2) is 0 Å². The van der Waals surface area contributed by atoms with Crippen LogP contribution in [0.3, 0.4) is 0 Å². The van der Waals surface area contributed by atoms with Crippen LogP contribution in [0.5, 0.6) is 11.5 Å². The third-order valence-electron chi connectivity index (χ3n) is 3.61. The highest BCUT2D eigenvalue weighted by Gasteiger charge is 2.22. The molecule has 4 heteroatoms. The summed E-state index contributed by atoms with van der Waals surface area (Å²) in [7, 11) is 3.24. The summed E-state index contributed by atoms with van der Waals surface area (Å²) in [6.07, 6.45) is -0.673. The molecule has 2 atom stereocenters. The van der Waals surface area contributed by atoms with Crippen LogP contribution in [-0.2, 0) is 0 Å². The number of benzene rings is 2. The van der Waals surface area contributed by atoms with Crippen LogP contribution in [0.2, 0.25) is 0 Å². The minimum atomic E-state index is -0.673. The molecular formula is C17H21NO3. The predicted octanol–water partition coefficient (Wildman–Crippen LogP) is 2.48. The fraction of sp³-hybridized carbons (Fsp3) is 0.294. The maximum absolute atomic E-state index is 10.6. The molecule has 0 fully saturated rings. The monoisotopic (exact) mass is 287 g/mol. The smallest absolute Gasteiger partial charge is 0.119 e. The van der Waals surface area contributed by atoms with Gasteiger partial charge in [0.05, 0.1) is 20.3 Å². The minimum absolute atomic E-state index is 0.187. The van der Waals surface area contributed by atoms with Gasteiger partial charge in [0, 0.05) is 12.5 Å². The van der Waals surface area contributed by atoms with E-state index in [2.05, 4.69) is 0 Å². The van der Waals surface area contributed by atoms with Crippen molar-refractivity contribution in [3.8, 4) is 11.5 Å². The second kappa shape index (κ2) is 7.11. The summed E-state index contributed by atoms with van der Waals surface area (Å²) in [6, 6.07) is 15.0. The van der Waals surface area contributed by atoms with E-state index in [9.17, 15) is 5.11 Å². The fourth-order valence-electron chi connectivity index (χ4n) is 2.35. The van der Waals surface area contributed by atoms with Gasteiger partial charge in [-0.15, -0.1) is 0 Å². The molecule has 2 unspecified atom stereocenters.